The number of benzene rings is 2. The smallest absolute Gasteiger partial charge is 0.348 e. The molecule has 5 nitrogen and oxygen atoms in total. The van der Waals surface area contributed by atoms with Gasteiger partial charge in [0, 0.05) is 17.8 Å². The van der Waals surface area contributed by atoms with E-state index >= 15 is 0 Å². The van der Waals surface area contributed by atoms with Crippen LogP contribution in [-0.2, 0) is 22.7 Å². The molecular weight excluding hydrogens is 393 g/mol. The molecule has 0 fully saturated rings. The van der Waals surface area contributed by atoms with Gasteiger partial charge in [-0.1, -0.05) is 12.1 Å². The monoisotopic (exact) mass is 414 g/mol. The molecule has 9 heteroatoms. The van der Waals surface area contributed by atoms with Crippen LogP contribution in [0.15, 0.2) is 48.5 Å². The largest absolute Gasteiger partial charge is 0.416 e. The molecule has 152 valence electrons. The van der Waals surface area contributed by atoms with Gasteiger partial charge in [0.25, 0.3) is 5.91 Å². The Morgan fingerprint density at radius 1 is 0.929 bits per heavy atom. The summed E-state index contributed by atoms with van der Waals surface area (Å²) in [4.78, 5) is 12.2. The lowest BCUT2D eigenvalue weighted by atomic mass is 10.1. The van der Waals surface area contributed by atoms with Crippen molar-refractivity contribution in [3.8, 4) is 0 Å². The molecule has 0 spiro atoms. The number of hydrogen-bond donors (Lipinski definition) is 2. The Morgan fingerprint density at radius 2 is 1.46 bits per heavy atom. The van der Waals surface area contributed by atoms with E-state index in [1.165, 1.54) is 36.4 Å². The number of alkyl halides is 3. The number of halogens is 3. The maximum Gasteiger partial charge on any atom is 0.416 e. The van der Waals surface area contributed by atoms with Crippen LogP contribution >= 0.6 is 0 Å². The minimum Gasteiger partial charge on any atom is -0.348 e. The lowest BCUT2D eigenvalue weighted by Gasteiger charge is -2.20. The van der Waals surface area contributed by atoms with E-state index < -0.39 is 32.4 Å². The lowest BCUT2D eigenvalue weighted by molar-refractivity contribution is -0.137. The molecule has 0 atom stereocenters. The Morgan fingerprint density at radius 3 is 1.93 bits per heavy atom. The molecule has 0 unspecified atom stereocenters. The van der Waals surface area contributed by atoms with Crippen molar-refractivity contribution in [2.75, 3.05) is 4.72 Å². The van der Waals surface area contributed by atoms with Gasteiger partial charge in [0.05, 0.1) is 10.3 Å². The molecule has 1 amide bonds. The zero-order chi connectivity index (χ0) is 21.2. The van der Waals surface area contributed by atoms with Crippen molar-refractivity contribution in [3.63, 3.8) is 0 Å². The van der Waals surface area contributed by atoms with Crippen molar-refractivity contribution >= 4 is 21.6 Å². The normalized spacial score (nSPS) is 12.5. The van der Waals surface area contributed by atoms with Gasteiger partial charge in [-0.3, -0.25) is 9.52 Å². The lowest BCUT2D eigenvalue weighted by Crippen LogP contribution is -2.33. The predicted molar refractivity (Wildman–Crippen MR) is 101 cm³/mol. The average Bonchev–Trinajstić information content (AvgIpc) is 2.58. The van der Waals surface area contributed by atoms with Crippen LogP contribution in [0, 0.1) is 0 Å². The molecule has 0 aliphatic heterocycles. The fraction of sp³-hybridized carbons (Fsp3) is 0.316. The number of rotatable bonds is 5. The van der Waals surface area contributed by atoms with Crippen molar-refractivity contribution < 1.29 is 26.4 Å². The molecule has 0 aromatic heterocycles. The van der Waals surface area contributed by atoms with E-state index in [9.17, 15) is 26.4 Å². The number of anilines is 1. The quantitative estimate of drug-likeness (QED) is 0.771. The number of sulfonamides is 1. The van der Waals surface area contributed by atoms with Crippen LogP contribution in [0.4, 0.5) is 18.9 Å². The topological polar surface area (TPSA) is 75.3 Å². The summed E-state index contributed by atoms with van der Waals surface area (Å²) in [6, 6.07) is 10.4. The average molecular weight is 414 g/mol. The van der Waals surface area contributed by atoms with Crippen LogP contribution in [-0.4, -0.2) is 19.1 Å². The Kier molecular flexibility index (Phi) is 6.08. The van der Waals surface area contributed by atoms with E-state index in [-0.39, 0.29) is 6.54 Å². The molecule has 0 saturated heterocycles. The van der Waals surface area contributed by atoms with Gasteiger partial charge in [0.15, 0.2) is 0 Å². The van der Waals surface area contributed by atoms with Gasteiger partial charge in [-0.2, -0.15) is 13.2 Å². The summed E-state index contributed by atoms with van der Waals surface area (Å²) in [7, 11) is -3.57. The molecular formula is C19H21F3N2O3S. The highest BCUT2D eigenvalue weighted by molar-refractivity contribution is 7.94. The molecule has 2 N–H and O–H groups in total. The van der Waals surface area contributed by atoms with E-state index in [0.717, 1.165) is 12.1 Å². The van der Waals surface area contributed by atoms with Crippen molar-refractivity contribution in [1.82, 2.24) is 5.32 Å². The SMILES string of the molecule is CC(C)(C)S(=O)(=O)Nc1ccc(C(=O)NCc2ccc(C(F)(F)F)cc2)cc1. The highest BCUT2D eigenvalue weighted by Crippen LogP contribution is 2.29. The molecule has 2 aromatic rings. The molecule has 0 bridgehead atoms. The predicted octanol–water partition coefficient (Wildman–Crippen LogP) is 4.18. The zero-order valence-electron chi connectivity index (χ0n) is 15.6. The van der Waals surface area contributed by atoms with Gasteiger partial charge in [-0.15, -0.1) is 0 Å². The minimum absolute atomic E-state index is 0.0649. The molecule has 28 heavy (non-hydrogen) atoms. The standard InChI is InChI=1S/C19H21F3N2O3S/c1-18(2,3)28(26,27)24-16-10-6-14(7-11-16)17(25)23-12-13-4-8-15(9-5-13)19(20,21)22/h4-11,24H,12H2,1-3H3,(H,23,25). The third-order valence-electron chi connectivity index (χ3n) is 3.94. The number of hydrogen-bond acceptors (Lipinski definition) is 3. The van der Waals surface area contributed by atoms with E-state index in [4.69, 9.17) is 0 Å². The summed E-state index contributed by atoms with van der Waals surface area (Å²) in [6.07, 6.45) is -4.40. The van der Waals surface area contributed by atoms with Crippen molar-refractivity contribution in [2.45, 2.75) is 38.2 Å². The van der Waals surface area contributed by atoms with Crippen LogP contribution in [0.1, 0.15) is 42.3 Å². The van der Waals surface area contributed by atoms with Gasteiger partial charge < -0.3 is 5.32 Å². The van der Waals surface area contributed by atoms with Crippen LogP contribution in [0.25, 0.3) is 0 Å². The second-order valence-corrected chi connectivity index (χ2v) is 9.61. The second kappa shape index (κ2) is 7.83. The summed E-state index contributed by atoms with van der Waals surface area (Å²) in [6.45, 7) is 4.77. The summed E-state index contributed by atoms with van der Waals surface area (Å²) in [5.74, 6) is -0.426. The number of carbonyl (C=O) groups excluding carboxylic acids is 1. The Hall–Kier alpha value is -2.55. The van der Waals surface area contributed by atoms with Gasteiger partial charge in [0.2, 0.25) is 10.0 Å². The third kappa shape index (κ3) is 5.48. The Labute approximate surface area is 162 Å². The van der Waals surface area contributed by atoms with Gasteiger partial charge in [-0.05, 0) is 62.7 Å². The van der Waals surface area contributed by atoms with E-state index in [0.29, 0.717) is 16.8 Å². The third-order valence-corrected chi connectivity index (χ3v) is 6.06. The van der Waals surface area contributed by atoms with Crippen molar-refractivity contribution in [2.24, 2.45) is 0 Å². The first-order valence-corrected chi connectivity index (χ1v) is 9.85. The molecule has 0 aliphatic carbocycles. The van der Waals surface area contributed by atoms with E-state index in [1.54, 1.807) is 20.8 Å². The van der Waals surface area contributed by atoms with Crippen LogP contribution in [0.2, 0.25) is 0 Å². The summed E-state index contributed by atoms with van der Waals surface area (Å²) < 4.78 is 63.3. The van der Waals surface area contributed by atoms with Crippen molar-refractivity contribution in [3.05, 3.63) is 65.2 Å². The fourth-order valence-corrected chi connectivity index (χ4v) is 2.85. The summed E-state index contributed by atoms with van der Waals surface area (Å²) in [5.41, 5.74) is 0.395. The van der Waals surface area contributed by atoms with E-state index in [1.807, 2.05) is 0 Å². The number of carbonyl (C=O) groups is 1. The molecule has 0 heterocycles. The molecule has 0 radical (unpaired) electrons. The first-order valence-electron chi connectivity index (χ1n) is 8.36. The maximum absolute atomic E-state index is 12.5. The number of amides is 1. The van der Waals surface area contributed by atoms with Crippen LogP contribution < -0.4 is 10.0 Å². The molecule has 0 aliphatic rings. The molecule has 2 aromatic carbocycles. The first kappa shape index (κ1) is 21.7. The maximum atomic E-state index is 12.5. The fourth-order valence-electron chi connectivity index (χ4n) is 2.09. The molecule has 2 rings (SSSR count). The summed E-state index contributed by atoms with van der Waals surface area (Å²) in [5, 5.41) is 2.61. The highest BCUT2D eigenvalue weighted by Gasteiger charge is 2.30. The first-order chi connectivity index (χ1) is 12.8. The summed E-state index contributed by atoms with van der Waals surface area (Å²) >= 11 is 0. The van der Waals surface area contributed by atoms with Crippen LogP contribution in [0.5, 0.6) is 0 Å². The minimum atomic E-state index is -4.40. The van der Waals surface area contributed by atoms with Gasteiger partial charge >= 0.3 is 6.18 Å². The van der Waals surface area contributed by atoms with Gasteiger partial charge in [0.1, 0.15) is 0 Å². The van der Waals surface area contributed by atoms with Gasteiger partial charge in [-0.25, -0.2) is 8.42 Å². The molecule has 0 saturated carbocycles. The Balaban J connectivity index is 1.98. The van der Waals surface area contributed by atoms with E-state index in [2.05, 4.69) is 10.0 Å². The zero-order valence-corrected chi connectivity index (χ0v) is 16.4. The Bertz CT molecular complexity index is 930. The van der Waals surface area contributed by atoms with Crippen molar-refractivity contribution in [1.29, 1.82) is 0 Å². The van der Waals surface area contributed by atoms with Crippen LogP contribution in [0.3, 0.4) is 0 Å². The number of nitrogens with one attached hydrogen (secondary N) is 2. The second-order valence-electron chi connectivity index (χ2n) is 7.17. The highest BCUT2D eigenvalue weighted by atomic mass is 32.2.